The van der Waals surface area contributed by atoms with Gasteiger partial charge in [0.2, 0.25) is 11.8 Å². The van der Waals surface area contributed by atoms with E-state index in [4.69, 9.17) is 4.74 Å². The first-order valence-electron chi connectivity index (χ1n) is 13.2. The quantitative estimate of drug-likeness (QED) is 0.526. The van der Waals surface area contributed by atoms with Crippen molar-refractivity contribution >= 4 is 17.8 Å². The minimum atomic E-state index is -0.834. The van der Waals surface area contributed by atoms with E-state index in [2.05, 4.69) is 10.6 Å². The van der Waals surface area contributed by atoms with E-state index in [1.807, 2.05) is 60.7 Å². The first kappa shape index (κ1) is 24.5. The molecule has 6 nitrogen and oxygen atoms in total. The Labute approximate surface area is 213 Å². The summed E-state index contributed by atoms with van der Waals surface area (Å²) >= 11 is 0. The zero-order valence-electron chi connectivity index (χ0n) is 21.0. The van der Waals surface area contributed by atoms with E-state index in [0.717, 1.165) is 30.4 Å². The Hall–Kier alpha value is -3.15. The molecule has 0 aromatic heterocycles. The van der Waals surface area contributed by atoms with Crippen molar-refractivity contribution < 1.29 is 19.1 Å². The van der Waals surface area contributed by atoms with Crippen LogP contribution in [0.1, 0.15) is 49.7 Å². The predicted octanol–water partition coefficient (Wildman–Crippen LogP) is 3.83. The highest BCUT2D eigenvalue weighted by atomic mass is 16.5. The fourth-order valence-corrected chi connectivity index (χ4v) is 7.22. The van der Waals surface area contributed by atoms with Crippen LogP contribution in [0.3, 0.4) is 0 Å². The molecular formula is C30H36N2O4. The van der Waals surface area contributed by atoms with Gasteiger partial charge in [0.1, 0.15) is 12.1 Å². The molecule has 36 heavy (non-hydrogen) atoms. The van der Waals surface area contributed by atoms with Gasteiger partial charge in [-0.3, -0.25) is 9.59 Å². The molecule has 2 N–H and O–H groups in total. The Morgan fingerprint density at radius 2 is 1.25 bits per heavy atom. The summed E-state index contributed by atoms with van der Waals surface area (Å²) < 4.78 is 4.99. The fraction of sp³-hybridized carbons (Fsp3) is 0.500. The van der Waals surface area contributed by atoms with Crippen LogP contribution in [0.2, 0.25) is 0 Å². The lowest BCUT2D eigenvalue weighted by Gasteiger charge is -2.55. The number of benzene rings is 2. The molecule has 0 radical (unpaired) electrons. The molecule has 2 aromatic carbocycles. The van der Waals surface area contributed by atoms with E-state index in [1.165, 1.54) is 26.4 Å². The molecule has 4 bridgehead atoms. The Bertz CT molecular complexity index is 1050. The van der Waals surface area contributed by atoms with Crippen molar-refractivity contribution in [2.75, 3.05) is 7.11 Å². The van der Waals surface area contributed by atoms with Gasteiger partial charge >= 0.3 is 5.97 Å². The minimum Gasteiger partial charge on any atom is -0.467 e. The van der Waals surface area contributed by atoms with Gasteiger partial charge in [0, 0.05) is 18.3 Å². The van der Waals surface area contributed by atoms with Crippen LogP contribution in [0, 0.1) is 23.2 Å². The third kappa shape index (κ3) is 5.32. The number of carbonyl (C=O) groups excluding carboxylic acids is 3. The van der Waals surface area contributed by atoms with Crippen molar-refractivity contribution in [2.24, 2.45) is 23.2 Å². The molecule has 0 spiro atoms. The van der Waals surface area contributed by atoms with Crippen molar-refractivity contribution in [1.82, 2.24) is 10.6 Å². The predicted molar refractivity (Wildman–Crippen MR) is 137 cm³/mol. The van der Waals surface area contributed by atoms with E-state index in [0.29, 0.717) is 30.6 Å². The first-order chi connectivity index (χ1) is 17.4. The molecule has 0 saturated heterocycles. The number of rotatable bonds is 9. The van der Waals surface area contributed by atoms with Crippen molar-refractivity contribution in [3.8, 4) is 0 Å². The normalized spacial score (nSPS) is 27.6. The van der Waals surface area contributed by atoms with Crippen molar-refractivity contribution in [3.63, 3.8) is 0 Å². The molecule has 2 atom stereocenters. The lowest BCUT2D eigenvalue weighted by Crippen LogP contribution is -2.59. The number of esters is 1. The Kier molecular flexibility index (Phi) is 7.13. The number of hydrogen-bond acceptors (Lipinski definition) is 4. The molecule has 6 rings (SSSR count). The number of hydrogen-bond donors (Lipinski definition) is 2. The Morgan fingerprint density at radius 3 is 1.72 bits per heavy atom. The first-order valence-corrected chi connectivity index (χ1v) is 13.2. The monoisotopic (exact) mass is 488 g/mol. The fourth-order valence-electron chi connectivity index (χ4n) is 7.22. The molecular weight excluding hydrogens is 452 g/mol. The summed E-state index contributed by atoms with van der Waals surface area (Å²) in [7, 11) is 1.32. The number of amides is 2. The standard InChI is InChI=1S/C30H36N2O4/c1-36-28(34)26(16-21-10-6-3-7-11-21)31-27(33)25(15-20-8-4-2-5-9-20)32-29(35)30-17-22-12-23(18-30)14-24(13-22)19-30/h2-11,22-26H,12-19H2,1H3,(H,31,33)(H,32,35). The Morgan fingerprint density at radius 1 is 0.778 bits per heavy atom. The van der Waals surface area contributed by atoms with Crippen LogP contribution < -0.4 is 10.6 Å². The van der Waals surface area contributed by atoms with E-state index in [-0.39, 0.29) is 17.2 Å². The zero-order valence-corrected chi connectivity index (χ0v) is 21.0. The van der Waals surface area contributed by atoms with Crippen LogP contribution in [0.4, 0.5) is 0 Å². The number of methoxy groups -OCH3 is 1. The van der Waals surface area contributed by atoms with E-state index in [1.54, 1.807) is 0 Å². The van der Waals surface area contributed by atoms with E-state index in [9.17, 15) is 14.4 Å². The third-order valence-electron chi connectivity index (χ3n) is 8.51. The summed E-state index contributed by atoms with van der Waals surface area (Å²) in [6, 6.07) is 17.6. The molecule has 0 aliphatic heterocycles. The average Bonchev–Trinajstić information content (AvgIpc) is 2.87. The molecule has 4 saturated carbocycles. The van der Waals surface area contributed by atoms with Crippen LogP contribution in [-0.2, 0) is 32.0 Å². The lowest BCUT2D eigenvalue weighted by molar-refractivity contribution is -0.149. The summed E-state index contributed by atoms with van der Waals surface area (Å²) in [4.78, 5) is 39.9. The summed E-state index contributed by atoms with van der Waals surface area (Å²) in [6.07, 6.45) is 7.24. The van der Waals surface area contributed by atoms with Gasteiger partial charge in [-0.1, -0.05) is 60.7 Å². The molecule has 2 unspecified atom stereocenters. The molecule has 2 amide bonds. The van der Waals surface area contributed by atoms with Gasteiger partial charge in [0.15, 0.2) is 0 Å². The highest BCUT2D eigenvalue weighted by Crippen LogP contribution is 2.60. The Balaban J connectivity index is 1.34. The summed E-state index contributed by atoms with van der Waals surface area (Å²) in [5.41, 5.74) is 1.53. The van der Waals surface area contributed by atoms with Gasteiger partial charge in [-0.25, -0.2) is 4.79 Å². The molecule has 2 aromatic rings. The maximum absolute atomic E-state index is 13.8. The maximum atomic E-state index is 13.8. The van der Waals surface area contributed by atoms with Crippen molar-refractivity contribution in [3.05, 3.63) is 71.8 Å². The molecule has 4 aliphatic carbocycles. The number of carbonyl (C=O) groups is 3. The SMILES string of the molecule is COC(=O)C(Cc1ccccc1)NC(=O)C(Cc1ccccc1)NC(=O)C12CC3CC(CC(C3)C1)C2. The highest BCUT2D eigenvalue weighted by molar-refractivity contribution is 5.92. The van der Waals surface area contributed by atoms with Crippen LogP contribution in [-0.4, -0.2) is 37.0 Å². The van der Waals surface area contributed by atoms with Gasteiger partial charge < -0.3 is 15.4 Å². The van der Waals surface area contributed by atoms with Gasteiger partial charge in [0.25, 0.3) is 0 Å². The molecule has 6 heteroatoms. The van der Waals surface area contributed by atoms with Gasteiger partial charge in [-0.05, 0) is 67.4 Å². The molecule has 4 aliphatic rings. The van der Waals surface area contributed by atoms with Crippen LogP contribution in [0.5, 0.6) is 0 Å². The van der Waals surface area contributed by atoms with E-state index < -0.39 is 18.1 Å². The summed E-state index contributed by atoms with van der Waals surface area (Å²) in [6.45, 7) is 0. The molecule has 190 valence electrons. The number of nitrogens with one attached hydrogen (secondary N) is 2. The molecule has 4 fully saturated rings. The van der Waals surface area contributed by atoms with Gasteiger partial charge in [-0.2, -0.15) is 0 Å². The topological polar surface area (TPSA) is 84.5 Å². The van der Waals surface area contributed by atoms with E-state index >= 15 is 0 Å². The summed E-state index contributed by atoms with van der Waals surface area (Å²) in [5, 5.41) is 6.03. The summed E-state index contributed by atoms with van der Waals surface area (Å²) in [5.74, 6) is 1.06. The second-order valence-electron chi connectivity index (χ2n) is 11.2. The van der Waals surface area contributed by atoms with Gasteiger partial charge in [-0.15, -0.1) is 0 Å². The molecule has 0 heterocycles. The van der Waals surface area contributed by atoms with Crippen molar-refractivity contribution in [1.29, 1.82) is 0 Å². The largest absolute Gasteiger partial charge is 0.467 e. The average molecular weight is 489 g/mol. The number of ether oxygens (including phenoxy) is 1. The smallest absolute Gasteiger partial charge is 0.328 e. The van der Waals surface area contributed by atoms with Gasteiger partial charge in [0.05, 0.1) is 7.11 Å². The lowest BCUT2D eigenvalue weighted by atomic mass is 9.49. The van der Waals surface area contributed by atoms with Crippen molar-refractivity contribution in [2.45, 2.75) is 63.5 Å². The van der Waals surface area contributed by atoms with Crippen LogP contribution in [0.15, 0.2) is 60.7 Å². The second-order valence-corrected chi connectivity index (χ2v) is 11.2. The third-order valence-corrected chi connectivity index (χ3v) is 8.51. The zero-order chi connectivity index (χ0) is 25.1. The minimum absolute atomic E-state index is 0.00959. The highest BCUT2D eigenvalue weighted by Gasteiger charge is 2.55. The maximum Gasteiger partial charge on any atom is 0.328 e. The van der Waals surface area contributed by atoms with Crippen LogP contribution in [0.25, 0.3) is 0 Å². The van der Waals surface area contributed by atoms with Crippen LogP contribution >= 0.6 is 0 Å². The second kappa shape index (κ2) is 10.5.